The number of carbonyl (C=O) groups excluding carboxylic acids is 1. The summed E-state index contributed by atoms with van der Waals surface area (Å²) in [6, 6.07) is 2.75. The van der Waals surface area contributed by atoms with Gasteiger partial charge in [-0.1, -0.05) is 6.42 Å². The first kappa shape index (κ1) is 13.4. The van der Waals surface area contributed by atoms with E-state index in [1.807, 2.05) is 6.92 Å². The van der Waals surface area contributed by atoms with Crippen molar-refractivity contribution in [1.82, 2.24) is 10.2 Å². The zero-order valence-corrected chi connectivity index (χ0v) is 11.4. The summed E-state index contributed by atoms with van der Waals surface area (Å²) in [5.74, 6) is 0.352. The van der Waals surface area contributed by atoms with Crippen LogP contribution in [-0.2, 0) is 4.79 Å². The van der Waals surface area contributed by atoms with Crippen molar-refractivity contribution in [2.75, 3.05) is 13.1 Å². The maximum absolute atomic E-state index is 12.1. The topological polar surface area (TPSA) is 56.1 Å². The van der Waals surface area contributed by atoms with Crippen molar-refractivity contribution in [3.63, 3.8) is 0 Å². The van der Waals surface area contributed by atoms with Gasteiger partial charge in [0.25, 0.3) is 0 Å². The van der Waals surface area contributed by atoms with Crippen LogP contribution in [0.15, 0.2) is 0 Å². The summed E-state index contributed by atoms with van der Waals surface area (Å²) in [6.07, 6.45) is 5.73. The largest absolute Gasteiger partial charge is 0.337 e. The van der Waals surface area contributed by atoms with Crippen molar-refractivity contribution in [3.8, 4) is 6.07 Å². The van der Waals surface area contributed by atoms with Crippen molar-refractivity contribution in [3.05, 3.63) is 0 Å². The van der Waals surface area contributed by atoms with Crippen molar-refractivity contribution in [2.45, 2.75) is 57.5 Å². The molecule has 2 atom stereocenters. The standard InChI is InChI=1S/C14H23N3O/c1-11-5-3-4-8-17(11)9-13(18)16-14(2,10-15)12-6-7-12/h11-12H,3-9H2,1-2H3,(H,16,18)/t11-,14+/m1/s1. The molecule has 1 saturated carbocycles. The van der Waals surface area contributed by atoms with E-state index in [-0.39, 0.29) is 5.91 Å². The Balaban J connectivity index is 1.86. The number of nitriles is 1. The van der Waals surface area contributed by atoms with E-state index in [0.29, 0.717) is 18.5 Å². The van der Waals surface area contributed by atoms with E-state index in [1.54, 1.807) is 0 Å². The Morgan fingerprint density at radius 3 is 2.72 bits per heavy atom. The Morgan fingerprint density at radius 1 is 1.44 bits per heavy atom. The van der Waals surface area contributed by atoms with E-state index < -0.39 is 5.54 Å². The van der Waals surface area contributed by atoms with Gasteiger partial charge >= 0.3 is 0 Å². The Hall–Kier alpha value is -1.08. The van der Waals surface area contributed by atoms with Gasteiger partial charge in [-0.2, -0.15) is 5.26 Å². The zero-order valence-electron chi connectivity index (χ0n) is 11.4. The molecule has 2 aliphatic rings. The Labute approximate surface area is 109 Å². The third-order valence-electron chi connectivity index (χ3n) is 4.31. The molecule has 0 bridgehead atoms. The zero-order chi connectivity index (χ0) is 13.2. The van der Waals surface area contributed by atoms with Gasteiger partial charge < -0.3 is 5.32 Å². The lowest BCUT2D eigenvalue weighted by molar-refractivity contribution is -0.124. The number of likely N-dealkylation sites (tertiary alicyclic amines) is 1. The second-order valence-corrected chi connectivity index (χ2v) is 5.95. The fourth-order valence-electron chi connectivity index (χ4n) is 2.79. The number of rotatable bonds is 4. The Morgan fingerprint density at radius 2 is 2.17 bits per heavy atom. The molecule has 18 heavy (non-hydrogen) atoms. The van der Waals surface area contributed by atoms with Crippen LogP contribution in [0.1, 0.15) is 46.0 Å². The number of hydrogen-bond acceptors (Lipinski definition) is 3. The van der Waals surface area contributed by atoms with Crippen molar-refractivity contribution >= 4 is 5.91 Å². The molecule has 0 radical (unpaired) electrons. The van der Waals surface area contributed by atoms with E-state index in [4.69, 9.17) is 0 Å². The minimum absolute atomic E-state index is 0.000278. The van der Waals surface area contributed by atoms with E-state index in [1.165, 1.54) is 19.3 Å². The Bertz CT molecular complexity index is 359. The summed E-state index contributed by atoms with van der Waals surface area (Å²) in [5.41, 5.74) is -0.657. The van der Waals surface area contributed by atoms with Gasteiger partial charge in [0, 0.05) is 6.04 Å². The van der Waals surface area contributed by atoms with Gasteiger partial charge in [0.05, 0.1) is 12.6 Å². The first-order valence-electron chi connectivity index (χ1n) is 7.01. The molecule has 0 unspecified atom stereocenters. The van der Waals surface area contributed by atoms with Gasteiger partial charge in [0.1, 0.15) is 5.54 Å². The summed E-state index contributed by atoms with van der Waals surface area (Å²) in [5, 5.41) is 12.2. The normalized spacial score (nSPS) is 28.2. The molecule has 1 aliphatic carbocycles. The maximum atomic E-state index is 12.1. The highest BCUT2D eigenvalue weighted by atomic mass is 16.2. The number of amides is 1. The van der Waals surface area contributed by atoms with E-state index in [2.05, 4.69) is 23.2 Å². The number of carbonyl (C=O) groups is 1. The highest BCUT2D eigenvalue weighted by Crippen LogP contribution is 2.39. The average Bonchev–Trinajstić information content (AvgIpc) is 3.16. The van der Waals surface area contributed by atoms with Crippen LogP contribution < -0.4 is 5.32 Å². The number of hydrogen-bond donors (Lipinski definition) is 1. The van der Waals surface area contributed by atoms with Crippen LogP contribution in [-0.4, -0.2) is 35.5 Å². The van der Waals surface area contributed by atoms with Gasteiger partial charge in [-0.3, -0.25) is 9.69 Å². The molecule has 1 heterocycles. The summed E-state index contributed by atoms with van der Waals surface area (Å²) in [7, 11) is 0. The minimum atomic E-state index is -0.657. The van der Waals surface area contributed by atoms with Crippen LogP contribution in [0.5, 0.6) is 0 Å². The van der Waals surface area contributed by atoms with Crippen LogP contribution in [0.2, 0.25) is 0 Å². The first-order valence-corrected chi connectivity index (χ1v) is 7.01. The van der Waals surface area contributed by atoms with Crippen LogP contribution in [0.4, 0.5) is 0 Å². The SMILES string of the molecule is C[C@@H]1CCCCN1CC(=O)N[C@@](C)(C#N)C1CC1. The summed E-state index contributed by atoms with van der Waals surface area (Å²) >= 11 is 0. The molecular weight excluding hydrogens is 226 g/mol. The highest BCUT2D eigenvalue weighted by molar-refractivity contribution is 5.79. The molecule has 0 aromatic carbocycles. The molecule has 1 saturated heterocycles. The second kappa shape index (κ2) is 5.27. The summed E-state index contributed by atoms with van der Waals surface area (Å²) < 4.78 is 0. The van der Waals surface area contributed by atoms with E-state index in [0.717, 1.165) is 19.4 Å². The quantitative estimate of drug-likeness (QED) is 0.824. The smallest absolute Gasteiger partial charge is 0.235 e. The van der Waals surface area contributed by atoms with Gasteiger partial charge in [-0.25, -0.2) is 0 Å². The van der Waals surface area contributed by atoms with Crippen molar-refractivity contribution < 1.29 is 4.79 Å². The molecule has 2 rings (SSSR count). The van der Waals surface area contributed by atoms with Crippen LogP contribution in [0.25, 0.3) is 0 Å². The van der Waals surface area contributed by atoms with Crippen molar-refractivity contribution in [1.29, 1.82) is 5.26 Å². The molecular formula is C14H23N3O. The fraction of sp³-hybridized carbons (Fsp3) is 0.857. The third-order valence-corrected chi connectivity index (χ3v) is 4.31. The average molecular weight is 249 g/mol. The minimum Gasteiger partial charge on any atom is -0.337 e. The highest BCUT2D eigenvalue weighted by Gasteiger charge is 2.43. The van der Waals surface area contributed by atoms with Crippen molar-refractivity contribution in [2.24, 2.45) is 5.92 Å². The lowest BCUT2D eigenvalue weighted by Gasteiger charge is -2.33. The predicted octanol–water partition coefficient (Wildman–Crippen LogP) is 1.67. The molecule has 0 spiro atoms. The first-order chi connectivity index (χ1) is 8.55. The van der Waals surface area contributed by atoms with Crippen LogP contribution in [0.3, 0.4) is 0 Å². The van der Waals surface area contributed by atoms with E-state index >= 15 is 0 Å². The molecule has 1 amide bonds. The third kappa shape index (κ3) is 3.02. The van der Waals surface area contributed by atoms with Gasteiger partial charge in [0.15, 0.2) is 0 Å². The summed E-state index contributed by atoms with van der Waals surface area (Å²) in [4.78, 5) is 14.3. The Kier molecular flexibility index (Phi) is 3.91. The lowest BCUT2D eigenvalue weighted by atomic mass is 9.97. The molecule has 100 valence electrons. The number of nitrogens with one attached hydrogen (secondary N) is 1. The molecule has 0 aromatic heterocycles. The molecule has 1 aliphatic heterocycles. The predicted molar refractivity (Wildman–Crippen MR) is 69.8 cm³/mol. The number of nitrogens with zero attached hydrogens (tertiary/aromatic N) is 2. The monoisotopic (exact) mass is 249 g/mol. The van der Waals surface area contributed by atoms with Crippen LogP contribution in [0, 0.1) is 17.2 Å². The van der Waals surface area contributed by atoms with Gasteiger partial charge in [-0.15, -0.1) is 0 Å². The van der Waals surface area contributed by atoms with Gasteiger partial charge in [-0.05, 0) is 52.0 Å². The van der Waals surface area contributed by atoms with Crippen LogP contribution >= 0.6 is 0 Å². The molecule has 1 N–H and O–H groups in total. The molecule has 0 aromatic rings. The molecule has 2 fully saturated rings. The summed E-state index contributed by atoms with van der Waals surface area (Å²) in [6.45, 7) is 5.46. The molecule has 4 nitrogen and oxygen atoms in total. The number of piperidine rings is 1. The fourth-order valence-corrected chi connectivity index (χ4v) is 2.79. The van der Waals surface area contributed by atoms with E-state index in [9.17, 15) is 10.1 Å². The molecule has 4 heteroatoms. The lowest BCUT2D eigenvalue weighted by Crippen LogP contribution is -2.52. The van der Waals surface area contributed by atoms with Gasteiger partial charge in [0.2, 0.25) is 5.91 Å². The maximum Gasteiger partial charge on any atom is 0.235 e. The second-order valence-electron chi connectivity index (χ2n) is 5.95.